The number of hydrogen-bond acceptors (Lipinski definition) is 4. The molecule has 0 bridgehead atoms. The molecule has 0 atom stereocenters. The minimum atomic E-state index is -4.41. The highest BCUT2D eigenvalue weighted by atomic mass is 19.4. The van der Waals surface area contributed by atoms with Gasteiger partial charge in [-0.3, -0.25) is 9.78 Å². The summed E-state index contributed by atoms with van der Waals surface area (Å²) in [4.78, 5) is 17.3. The Morgan fingerprint density at radius 1 is 1.16 bits per heavy atom. The van der Waals surface area contributed by atoms with Crippen LogP contribution in [-0.4, -0.2) is 33.9 Å². The molecule has 6 nitrogen and oxygen atoms in total. The van der Waals surface area contributed by atoms with E-state index in [1.807, 2.05) is 19.1 Å². The summed E-state index contributed by atoms with van der Waals surface area (Å²) in [5.74, 6) is -0.375. The van der Waals surface area contributed by atoms with Crippen molar-refractivity contribution in [3.8, 4) is 5.69 Å². The Hall–Kier alpha value is -3.46. The van der Waals surface area contributed by atoms with Gasteiger partial charge < -0.3 is 10.1 Å². The maximum absolute atomic E-state index is 12.8. The molecule has 0 unspecified atom stereocenters. The molecule has 3 heterocycles. The van der Waals surface area contributed by atoms with E-state index in [1.54, 1.807) is 13.1 Å². The number of anilines is 1. The standard InChI is InChI=1S/C23H21F3N4O2/c1-14-11-18(12-27-21(14)16-7-9-32-10-8-16)29-22(31)20-13-28-30(15(20)2)19-5-3-17(4-6-19)23(24,25)26/h3-7,11-13H,8-10H2,1-2H3,(H,29,31). The second kappa shape index (κ2) is 8.58. The molecule has 0 saturated carbocycles. The van der Waals surface area contributed by atoms with E-state index >= 15 is 0 Å². The van der Waals surface area contributed by atoms with Gasteiger partial charge >= 0.3 is 6.18 Å². The number of carbonyl (C=O) groups is 1. The third-order valence-electron chi connectivity index (χ3n) is 5.30. The van der Waals surface area contributed by atoms with Gasteiger partial charge in [0.05, 0.1) is 59.5 Å². The van der Waals surface area contributed by atoms with Crippen molar-refractivity contribution < 1.29 is 22.7 Å². The Kier molecular flexibility index (Phi) is 5.84. The van der Waals surface area contributed by atoms with E-state index in [1.165, 1.54) is 23.0 Å². The summed E-state index contributed by atoms with van der Waals surface area (Å²) in [5, 5.41) is 6.99. The van der Waals surface area contributed by atoms with Crippen LogP contribution < -0.4 is 5.32 Å². The van der Waals surface area contributed by atoms with Crippen molar-refractivity contribution in [3.63, 3.8) is 0 Å². The number of hydrogen-bond donors (Lipinski definition) is 1. The summed E-state index contributed by atoms with van der Waals surface area (Å²) in [7, 11) is 0. The van der Waals surface area contributed by atoms with Gasteiger partial charge in [0.15, 0.2) is 0 Å². The monoisotopic (exact) mass is 442 g/mol. The van der Waals surface area contributed by atoms with E-state index in [9.17, 15) is 18.0 Å². The number of pyridine rings is 1. The van der Waals surface area contributed by atoms with Crippen LogP contribution in [0.4, 0.5) is 18.9 Å². The Morgan fingerprint density at radius 3 is 2.53 bits per heavy atom. The number of amides is 1. The molecule has 0 saturated heterocycles. The topological polar surface area (TPSA) is 69.0 Å². The first-order valence-corrected chi connectivity index (χ1v) is 10.0. The minimum absolute atomic E-state index is 0.318. The fourth-order valence-electron chi connectivity index (χ4n) is 3.60. The van der Waals surface area contributed by atoms with Crippen LogP contribution in [0.3, 0.4) is 0 Å². The summed E-state index contributed by atoms with van der Waals surface area (Å²) in [6.45, 7) is 4.84. The number of aryl methyl sites for hydroxylation is 1. The normalized spacial score (nSPS) is 14.2. The first-order valence-electron chi connectivity index (χ1n) is 10.0. The highest BCUT2D eigenvalue weighted by molar-refractivity contribution is 6.05. The van der Waals surface area contributed by atoms with Crippen molar-refractivity contribution in [2.24, 2.45) is 0 Å². The van der Waals surface area contributed by atoms with Crippen LogP contribution in [-0.2, 0) is 10.9 Å². The summed E-state index contributed by atoms with van der Waals surface area (Å²) in [6.07, 6.45) is 1.39. The van der Waals surface area contributed by atoms with Gasteiger partial charge in [-0.1, -0.05) is 6.08 Å². The number of halogens is 3. The predicted octanol–water partition coefficient (Wildman–Crippen LogP) is 4.96. The highest BCUT2D eigenvalue weighted by Gasteiger charge is 2.30. The molecule has 0 fully saturated rings. The van der Waals surface area contributed by atoms with Crippen LogP contribution in [0.15, 0.2) is 48.8 Å². The zero-order valence-corrected chi connectivity index (χ0v) is 17.5. The molecule has 2 aromatic heterocycles. The zero-order chi connectivity index (χ0) is 22.9. The number of nitrogens with zero attached hydrogens (tertiary/aromatic N) is 3. The van der Waals surface area contributed by atoms with Crippen molar-refractivity contribution >= 4 is 17.2 Å². The predicted molar refractivity (Wildman–Crippen MR) is 114 cm³/mol. The Bertz CT molecular complexity index is 1180. The van der Waals surface area contributed by atoms with Gasteiger partial charge in [-0.25, -0.2) is 4.68 Å². The molecule has 4 rings (SSSR count). The van der Waals surface area contributed by atoms with Gasteiger partial charge in [0.25, 0.3) is 5.91 Å². The van der Waals surface area contributed by atoms with E-state index in [0.29, 0.717) is 35.8 Å². The van der Waals surface area contributed by atoms with Crippen LogP contribution in [0, 0.1) is 13.8 Å². The van der Waals surface area contributed by atoms with Crippen LogP contribution >= 0.6 is 0 Å². The highest BCUT2D eigenvalue weighted by Crippen LogP contribution is 2.30. The molecule has 32 heavy (non-hydrogen) atoms. The first-order chi connectivity index (χ1) is 15.2. The molecule has 166 valence electrons. The van der Waals surface area contributed by atoms with E-state index < -0.39 is 11.7 Å². The summed E-state index contributed by atoms with van der Waals surface area (Å²) < 4.78 is 45.1. The Morgan fingerprint density at radius 2 is 1.91 bits per heavy atom. The summed E-state index contributed by atoms with van der Waals surface area (Å²) >= 11 is 0. The molecular weight excluding hydrogens is 421 g/mol. The lowest BCUT2D eigenvalue weighted by atomic mass is 10.0. The van der Waals surface area contributed by atoms with Crippen LogP contribution in [0.2, 0.25) is 0 Å². The molecule has 9 heteroatoms. The van der Waals surface area contributed by atoms with Crippen molar-refractivity contribution in [1.29, 1.82) is 0 Å². The second-order valence-corrected chi connectivity index (χ2v) is 7.50. The minimum Gasteiger partial charge on any atom is -0.377 e. The number of alkyl halides is 3. The van der Waals surface area contributed by atoms with Gasteiger partial charge in [-0.15, -0.1) is 0 Å². The zero-order valence-electron chi connectivity index (χ0n) is 17.5. The number of aromatic nitrogens is 3. The van der Waals surface area contributed by atoms with Crippen LogP contribution in [0.5, 0.6) is 0 Å². The van der Waals surface area contributed by atoms with E-state index in [4.69, 9.17) is 4.74 Å². The van der Waals surface area contributed by atoms with Crippen LogP contribution in [0.1, 0.15) is 39.3 Å². The molecule has 1 aliphatic rings. The third-order valence-corrected chi connectivity index (χ3v) is 5.30. The van der Waals surface area contributed by atoms with Gasteiger partial charge in [-0.05, 0) is 61.7 Å². The molecule has 1 aliphatic heterocycles. The molecule has 0 aliphatic carbocycles. The van der Waals surface area contributed by atoms with Gasteiger partial charge in [0.2, 0.25) is 0 Å². The fraction of sp³-hybridized carbons (Fsp3) is 0.261. The molecule has 3 aromatic rings. The maximum Gasteiger partial charge on any atom is 0.416 e. The summed E-state index contributed by atoms with van der Waals surface area (Å²) in [5.41, 5.74) is 4.01. The van der Waals surface area contributed by atoms with Gasteiger partial charge in [0.1, 0.15) is 0 Å². The average Bonchev–Trinajstić information content (AvgIpc) is 3.15. The largest absolute Gasteiger partial charge is 0.416 e. The van der Waals surface area contributed by atoms with Crippen molar-refractivity contribution in [2.75, 3.05) is 18.5 Å². The van der Waals surface area contributed by atoms with Crippen molar-refractivity contribution in [2.45, 2.75) is 26.4 Å². The van der Waals surface area contributed by atoms with Crippen LogP contribution in [0.25, 0.3) is 11.3 Å². The Balaban J connectivity index is 1.52. The number of nitrogens with one attached hydrogen (secondary N) is 1. The van der Waals surface area contributed by atoms with Crippen molar-refractivity contribution in [3.05, 3.63) is 76.9 Å². The number of rotatable bonds is 4. The average molecular weight is 442 g/mol. The van der Waals surface area contributed by atoms with E-state index in [-0.39, 0.29) is 5.91 Å². The number of ether oxygens (including phenoxy) is 1. The maximum atomic E-state index is 12.8. The second-order valence-electron chi connectivity index (χ2n) is 7.50. The molecular formula is C23H21F3N4O2. The van der Waals surface area contributed by atoms with E-state index in [2.05, 4.69) is 15.4 Å². The number of carbonyl (C=O) groups excluding carboxylic acids is 1. The number of benzene rings is 1. The SMILES string of the molecule is Cc1cc(NC(=O)c2cnn(-c3ccc(C(F)(F)F)cc3)c2C)cnc1C1=CCOCC1. The summed E-state index contributed by atoms with van der Waals surface area (Å²) in [6, 6.07) is 6.47. The lowest BCUT2D eigenvalue weighted by Crippen LogP contribution is -2.14. The lowest BCUT2D eigenvalue weighted by Gasteiger charge is -2.15. The fourth-order valence-corrected chi connectivity index (χ4v) is 3.60. The first kappa shape index (κ1) is 21.8. The molecule has 0 radical (unpaired) electrons. The molecule has 1 amide bonds. The third kappa shape index (κ3) is 4.43. The van der Waals surface area contributed by atoms with E-state index in [0.717, 1.165) is 35.4 Å². The Labute approximate surface area is 182 Å². The molecule has 1 aromatic carbocycles. The smallest absolute Gasteiger partial charge is 0.377 e. The van der Waals surface area contributed by atoms with Crippen molar-refractivity contribution in [1.82, 2.24) is 14.8 Å². The lowest BCUT2D eigenvalue weighted by molar-refractivity contribution is -0.137. The molecule has 1 N–H and O–H groups in total. The quantitative estimate of drug-likeness (QED) is 0.620. The molecule has 0 spiro atoms. The van der Waals surface area contributed by atoms with Gasteiger partial charge in [0, 0.05) is 0 Å². The van der Waals surface area contributed by atoms with Gasteiger partial charge in [-0.2, -0.15) is 18.3 Å².